The van der Waals surface area contributed by atoms with Gasteiger partial charge in [0, 0.05) is 11.2 Å². The fourth-order valence-corrected chi connectivity index (χ4v) is 2.35. The monoisotopic (exact) mass is 351 g/mol. The summed E-state index contributed by atoms with van der Waals surface area (Å²) in [7, 11) is 0. The molecule has 0 aliphatic carbocycles. The van der Waals surface area contributed by atoms with Crippen LogP contribution in [0.5, 0.6) is 5.75 Å². The van der Waals surface area contributed by atoms with E-state index >= 15 is 0 Å². The normalized spacial score (nSPS) is 13.0. The highest BCUT2D eigenvalue weighted by Gasteiger charge is 2.21. The van der Waals surface area contributed by atoms with Crippen LogP contribution < -0.4 is 10.1 Å². The molecule has 7 heteroatoms. The van der Waals surface area contributed by atoms with Crippen molar-refractivity contribution in [2.75, 3.05) is 0 Å². The molecule has 5 nitrogen and oxygen atoms in total. The molecule has 0 saturated carbocycles. The smallest absolute Gasteiger partial charge is 0.262 e. The van der Waals surface area contributed by atoms with Gasteiger partial charge in [-0.25, -0.2) is 0 Å². The van der Waals surface area contributed by atoms with Crippen molar-refractivity contribution in [2.45, 2.75) is 26.0 Å². The third kappa shape index (κ3) is 3.98. The van der Waals surface area contributed by atoms with Gasteiger partial charge >= 0.3 is 0 Å². The van der Waals surface area contributed by atoms with Crippen LogP contribution in [0.3, 0.4) is 0 Å². The summed E-state index contributed by atoms with van der Waals surface area (Å²) in [6, 6.07) is 7.98. The first kappa shape index (κ1) is 17.2. The van der Waals surface area contributed by atoms with Crippen molar-refractivity contribution in [1.29, 1.82) is 5.26 Å². The maximum absolute atomic E-state index is 12.2. The maximum Gasteiger partial charge on any atom is 0.262 e. The first-order valence-corrected chi connectivity index (χ1v) is 7.64. The van der Waals surface area contributed by atoms with Gasteiger partial charge in [-0.3, -0.25) is 4.79 Å². The van der Waals surface area contributed by atoms with Gasteiger partial charge in [0.1, 0.15) is 5.75 Å². The van der Waals surface area contributed by atoms with Gasteiger partial charge in [0.25, 0.3) is 5.91 Å². The third-order valence-electron chi connectivity index (χ3n) is 3.31. The van der Waals surface area contributed by atoms with Gasteiger partial charge in [-0.1, -0.05) is 23.2 Å². The highest BCUT2D eigenvalue weighted by atomic mass is 35.5. The Kier molecular flexibility index (Phi) is 5.54. The van der Waals surface area contributed by atoms with Crippen LogP contribution in [0.1, 0.15) is 24.2 Å². The highest BCUT2D eigenvalue weighted by molar-refractivity contribution is 6.36. The lowest BCUT2D eigenvalue weighted by Crippen LogP contribution is -2.38. The van der Waals surface area contributed by atoms with Crippen LogP contribution in [0.2, 0.25) is 10.0 Å². The number of amides is 1. The topological polar surface area (TPSA) is 77.9 Å². The van der Waals surface area contributed by atoms with Gasteiger partial charge in [0.15, 0.2) is 12.1 Å². The second kappa shape index (κ2) is 7.40. The van der Waals surface area contributed by atoms with E-state index in [0.29, 0.717) is 27.1 Å². The summed E-state index contributed by atoms with van der Waals surface area (Å²) in [6.07, 6.45) is 0.862. The minimum Gasteiger partial charge on any atom is -0.479 e. The van der Waals surface area contributed by atoms with Gasteiger partial charge in [-0.15, -0.1) is 0 Å². The third-order valence-corrected chi connectivity index (χ3v) is 4.19. The van der Waals surface area contributed by atoms with Crippen LogP contribution in [0, 0.1) is 18.3 Å². The zero-order valence-corrected chi connectivity index (χ0v) is 14.1. The number of nitriles is 1. The summed E-state index contributed by atoms with van der Waals surface area (Å²) in [6.45, 7) is 3.35. The Labute approximate surface area is 144 Å². The van der Waals surface area contributed by atoms with E-state index in [2.05, 4.69) is 10.3 Å². The molecule has 0 radical (unpaired) electrons. The van der Waals surface area contributed by atoms with Crippen LogP contribution in [0.25, 0.3) is 0 Å². The van der Waals surface area contributed by atoms with Gasteiger partial charge in [0.2, 0.25) is 0 Å². The predicted molar refractivity (Wildman–Crippen MR) is 88.6 cm³/mol. The summed E-state index contributed by atoms with van der Waals surface area (Å²) in [5, 5.41) is 12.7. The Morgan fingerprint density at radius 1 is 1.39 bits per heavy atom. The number of halogens is 2. The molecule has 1 heterocycles. The van der Waals surface area contributed by atoms with Crippen LogP contribution in [-0.4, -0.2) is 17.0 Å². The molecule has 1 aromatic heterocycles. The SMILES string of the molecule is Cc1c(Cl)ccc(OC(C)C(=O)NC(C#N)c2ccc[nH]2)c1Cl. The van der Waals surface area contributed by atoms with Crippen LogP contribution in [0.15, 0.2) is 30.5 Å². The Bertz CT molecular complexity index is 739. The van der Waals surface area contributed by atoms with Crippen molar-refractivity contribution >= 4 is 29.1 Å². The summed E-state index contributed by atoms with van der Waals surface area (Å²) in [5.74, 6) is -0.0561. The number of nitrogens with one attached hydrogen (secondary N) is 2. The van der Waals surface area contributed by atoms with E-state index < -0.39 is 18.1 Å². The number of hydrogen-bond donors (Lipinski definition) is 2. The zero-order chi connectivity index (χ0) is 17.0. The molecule has 2 aromatic rings. The lowest BCUT2D eigenvalue weighted by Gasteiger charge is -2.18. The van der Waals surface area contributed by atoms with E-state index in [1.54, 1.807) is 44.3 Å². The average Bonchev–Trinajstić information content (AvgIpc) is 3.07. The highest BCUT2D eigenvalue weighted by Crippen LogP contribution is 2.33. The van der Waals surface area contributed by atoms with Gasteiger partial charge in [-0.05, 0) is 43.7 Å². The van der Waals surface area contributed by atoms with E-state index in [9.17, 15) is 4.79 Å². The standard InChI is InChI=1S/C16H15Cl2N3O2/c1-9-11(17)5-6-14(15(9)18)23-10(2)16(22)21-13(8-19)12-4-3-7-20-12/h3-7,10,13,20H,1-2H3,(H,21,22). The van der Waals surface area contributed by atoms with Crippen molar-refractivity contribution in [2.24, 2.45) is 0 Å². The number of hydrogen-bond acceptors (Lipinski definition) is 3. The molecule has 0 aliphatic rings. The quantitative estimate of drug-likeness (QED) is 0.860. The summed E-state index contributed by atoms with van der Waals surface area (Å²) < 4.78 is 5.58. The van der Waals surface area contributed by atoms with Crippen molar-refractivity contribution in [3.63, 3.8) is 0 Å². The number of rotatable bonds is 5. The molecule has 0 bridgehead atoms. The van der Waals surface area contributed by atoms with Gasteiger partial charge < -0.3 is 15.0 Å². The summed E-state index contributed by atoms with van der Waals surface area (Å²) in [5.41, 5.74) is 1.29. The molecule has 1 aromatic carbocycles. The van der Waals surface area contributed by atoms with Crippen LogP contribution in [0.4, 0.5) is 0 Å². The second-order valence-corrected chi connectivity index (χ2v) is 5.73. The number of aromatic amines is 1. The fourth-order valence-electron chi connectivity index (χ4n) is 1.93. The van der Waals surface area contributed by atoms with E-state index in [1.807, 2.05) is 6.07 Å². The summed E-state index contributed by atoms with van der Waals surface area (Å²) >= 11 is 12.1. The summed E-state index contributed by atoms with van der Waals surface area (Å²) in [4.78, 5) is 15.1. The van der Waals surface area contributed by atoms with Crippen molar-refractivity contribution in [3.05, 3.63) is 51.8 Å². The number of aromatic nitrogens is 1. The first-order valence-electron chi connectivity index (χ1n) is 6.88. The number of H-pyrrole nitrogens is 1. The number of nitrogens with zero attached hydrogens (tertiary/aromatic N) is 1. The maximum atomic E-state index is 12.2. The van der Waals surface area contributed by atoms with Gasteiger partial charge in [-0.2, -0.15) is 5.26 Å². The number of carbonyl (C=O) groups is 1. The number of carbonyl (C=O) groups excluding carboxylic acids is 1. The second-order valence-electron chi connectivity index (χ2n) is 4.94. The van der Waals surface area contributed by atoms with E-state index in [1.165, 1.54) is 0 Å². The molecule has 2 rings (SSSR count). The Morgan fingerprint density at radius 3 is 2.74 bits per heavy atom. The van der Waals surface area contributed by atoms with Crippen LogP contribution in [-0.2, 0) is 4.79 Å². The predicted octanol–water partition coefficient (Wildman–Crippen LogP) is 3.78. The zero-order valence-electron chi connectivity index (χ0n) is 12.6. The average molecular weight is 352 g/mol. The minimum atomic E-state index is -0.820. The number of ether oxygens (including phenoxy) is 1. The van der Waals surface area contributed by atoms with Crippen molar-refractivity contribution < 1.29 is 9.53 Å². The Balaban J connectivity index is 2.06. The fraction of sp³-hybridized carbons (Fsp3) is 0.250. The molecular weight excluding hydrogens is 337 g/mol. The van der Waals surface area contributed by atoms with Crippen molar-refractivity contribution in [3.8, 4) is 11.8 Å². The van der Waals surface area contributed by atoms with E-state index in [-0.39, 0.29) is 0 Å². The van der Waals surface area contributed by atoms with Gasteiger partial charge in [0.05, 0.1) is 16.8 Å². The molecule has 0 aliphatic heterocycles. The lowest BCUT2D eigenvalue weighted by molar-refractivity contribution is -0.127. The van der Waals surface area contributed by atoms with Crippen molar-refractivity contribution in [1.82, 2.24) is 10.3 Å². The Morgan fingerprint density at radius 2 is 2.13 bits per heavy atom. The largest absolute Gasteiger partial charge is 0.479 e. The molecule has 1 amide bonds. The molecule has 120 valence electrons. The molecule has 23 heavy (non-hydrogen) atoms. The molecule has 2 N–H and O–H groups in total. The molecule has 2 unspecified atom stereocenters. The molecule has 0 saturated heterocycles. The minimum absolute atomic E-state index is 0.360. The molecule has 2 atom stereocenters. The molecular formula is C16H15Cl2N3O2. The van der Waals surface area contributed by atoms with E-state index in [4.69, 9.17) is 33.2 Å². The Hall–Kier alpha value is -2.16. The lowest BCUT2D eigenvalue weighted by atomic mass is 10.2. The first-order chi connectivity index (χ1) is 10.9. The van der Waals surface area contributed by atoms with E-state index in [0.717, 1.165) is 0 Å². The molecule has 0 fully saturated rings. The number of benzene rings is 1. The van der Waals surface area contributed by atoms with Crippen LogP contribution >= 0.6 is 23.2 Å². The molecule has 0 spiro atoms.